The number of likely N-dealkylation sites (N-methyl/N-ethyl adjacent to an activating group) is 1. The van der Waals surface area contributed by atoms with E-state index in [9.17, 15) is 19.8 Å². The first-order valence-electron chi connectivity index (χ1n) is 9.86. The third-order valence-corrected chi connectivity index (χ3v) is 5.47. The van der Waals surface area contributed by atoms with Crippen molar-refractivity contribution in [3.8, 4) is 5.75 Å². The lowest BCUT2D eigenvalue weighted by Gasteiger charge is -2.36. The number of carboxylic acid groups (broad SMARTS) is 1. The van der Waals surface area contributed by atoms with Gasteiger partial charge < -0.3 is 19.7 Å². The molecule has 1 saturated carbocycles. The van der Waals surface area contributed by atoms with Gasteiger partial charge in [-0.15, -0.1) is 0 Å². The van der Waals surface area contributed by atoms with E-state index in [2.05, 4.69) is 11.8 Å². The molecule has 2 N–H and O–H groups in total. The average Bonchev–Trinajstić information content (AvgIpc) is 2.74. The van der Waals surface area contributed by atoms with E-state index < -0.39 is 23.3 Å². The highest BCUT2D eigenvalue weighted by Gasteiger charge is 2.49. The fourth-order valence-electron chi connectivity index (χ4n) is 3.67. The number of ether oxygens (including phenoxy) is 2. The van der Waals surface area contributed by atoms with Crippen LogP contribution in [0.4, 0.5) is 0 Å². The maximum atomic E-state index is 12.5. The molecule has 1 aliphatic heterocycles. The first-order chi connectivity index (χ1) is 13.4. The fourth-order valence-corrected chi connectivity index (χ4v) is 3.67. The number of hydrogen-bond acceptors (Lipinski definition) is 6. The number of hydrogen-bond donors (Lipinski definition) is 2. The van der Waals surface area contributed by atoms with Crippen molar-refractivity contribution in [2.45, 2.75) is 38.2 Å². The molecular formula is C21H31NO6. The van der Waals surface area contributed by atoms with Crippen molar-refractivity contribution >= 4 is 11.8 Å². The monoisotopic (exact) mass is 393 g/mol. The van der Waals surface area contributed by atoms with Crippen LogP contribution in [0.5, 0.6) is 5.75 Å². The van der Waals surface area contributed by atoms with Gasteiger partial charge in [-0.05, 0) is 43.7 Å². The van der Waals surface area contributed by atoms with E-state index in [1.807, 2.05) is 0 Å². The van der Waals surface area contributed by atoms with Crippen LogP contribution in [0, 0.1) is 5.92 Å². The van der Waals surface area contributed by atoms with Crippen LogP contribution in [0.25, 0.3) is 0 Å². The minimum Gasteiger partial charge on any atom is -0.497 e. The van der Waals surface area contributed by atoms with Crippen LogP contribution in [0.15, 0.2) is 24.3 Å². The molecule has 0 amide bonds. The van der Waals surface area contributed by atoms with E-state index in [0.717, 1.165) is 32.7 Å². The molecule has 1 aromatic rings. The van der Waals surface area contributed by atoms with E-state index >= 15 is 0 Å². The Morgan fingerprint density at radius 3 is 2.36 bits per heavy atom. The molecule has 2 atom stereocenters. The number of Topliss-reactive ketones (excluding diaryl/α,β-unsaturated/α-hetero) is 1. The minimum absolute atomic E-state index is 0.189. The molecule has 1 heterocycles. The van der Waals surface area contributed by atoms with Gasteiger partial charge in [-0.1, -0.05) is 19.8 Å². The van der Waals surface area contributed by atoms with Crippen molar-refractivity contribution < 1.29 is 29.3 Å². The number of carbonyl (C=O) groups excluding carboxylic acids is 1. The van der Waals surface area contributed by atoms with Crippen molar-refractivity contribution in [2.75, 3.05) is 40.0 Å². The molecule has 2 fully saturated rings. The molecule has 28 heavy (non-hydrogen) atoms. The van der Waals surface area contributed by atoms with Gasteiger partial charge in [-0.25, -0.2) is 0 Å². The quantitative estimate of drug-likeness (QED) is 0.741. The first kappa shape index (κ1) is 22.3. The van der Waals surface area contributed by atoms with Crippen molar-refractivity contribution in [1.82, 2.24) is 4.90 Å². The number of aliphatic carboxylic acids is 1. The Hall–Kier alpha value is -1.96. The largest absolute Gasteiger partial charge is 0.497 e. The third-order valence-electron chi connectivity index (χ3n) is 5.47. The predicted octanol–water partition coefficient (Wildman–Crippen LogP) is 2.22. The second kappa shape index (κ2) is 10.5. The number of carbonyl (C=O) groups is 2. The summed E-state index contributed by atoms with van der Waals surface area (Å²) in [5.41, 5.74) is -1.50. The maximum Gasteiger partial charge on any atom is 0.309 e. The molecule has 156 valence electrons. The third kappa shape index (κ3) is 5.53. The Morgan fingerprint density at radius 1 is 1.21 bits per heavy atom. The molecule has 1 aromatic carbocycles. The lowest BCUT2D eigenvalue weighted by Crippen LogP contribution is -2.51. The second-order valence-electron chi connectivity index (χ2n) is 7.17. The molecular weight excluding hydrogens is 362 g/mol. The van der Waals surface area contributed by atoms with Gasteiger partial charge in [0.25, 0.3) is 0 Å². The molecule has 3 rings (SSSR count). The zero-order valence-electron chi connectivity index (χ0n) is 16.7. The molecule has 2 aliphatic rings. The van der Waals surface area contributed by atoms with Gasteiger partial charge in [-0.2, -0.15) is 0 Å². The van der Waals surface area contributed by atoms with Crippen LogP contribution in [-0.2, 0) is 9.53 Å². The molecule has 7 nitrogen and oxygen atoms in total. The summed E-state index contributed by atoms with van der Waals surface area (Å²) in [5, 5.41) is 19.8. The Balaban J connectivity index is 0.000000292. The topological polar surface area (TPSA) is 96.3 Å². The number of methoxy groups -OCH3 is 1. The van der Waals surface area contributed by atoms with Crippen LogP contribution in [0.2, 0.25) is 0 Å². The average molecular weight is 393 g/mol. The number of nitrogens with zero attached hydrogens (tertiary/aromatic N) is 1. The van der Waals surface area contributed by atoms with E-state index in [-0.39, 0.29) is 6.42 Å². The van der Waals surface area contributed by atoms with Gasteiger partial charge in [-0.3, -0.25) is 14.5 Å². The number of rotatable bonds is 5. The number of morpholine rings is 1. The standard InChI is InChI=1S/C15H18O5.C6H13NO/c1-20-11-7-5-10(6-8-11)13(16)15(19)9-3-2-4-12(15)14(17)18;1-2-7-3-5-8-6-4-7/h5-8,12,19H,2-4,9H2,1H3,(H,17,18);2-6H2,1H3. The number of aliphatic hydroxyl groups is 1. The second-order valence-corrected chi connectivity index (χ2v) is 7.17. The Kier molecular flexibility index (Phi) is 8.41. The van der Waals surface area contributed by atoms with Crippen LogP contribution in [0.3, 0.4) is 0 Å². The summed E-state index contributed by atoms with van der Waals surface area (Å²) in [7, 11) is 1.52. The van der Waals surface area contributed by atoms with Crippen molar-refractivity contribution in [1.29, 1.82) is 0 Å². The number of carboxylic acids is 1. The highest BCUT2D eigenvalue weighted by Crippen LogP contribution is 2.36. The van der Waals surface area contributed by atoms with Gasteiger partial charge in [0.15, 0.2) is 5.78 Å². The normalized spacial score (nSPS) is 25.3. The molecule has 1 aliphatic carbocycles. The van der Waals surface area contributed by atoms with Crippen LogP contribution < -0.4 is 4.74 Å². The summed E-state index contributed by atoms with van der Waals surface area (Å²) >= 11 is 0. The van der Waals surface area contributed by atoms with Gasteiger partial charge in [0.2, 0.25) is 0 Å². The number of benzene rings is 1. The van der Waals surface area contributed by atoms with Gasteiger partial charge in [0, 0.05) is 18.7 Å². The number of ketones is 1. The summed E-state index contributed by atoms with van der Waals surface area (Å²) in [6, 6.07) is 6.34. The molecule has 0 radical (unpaired) electrons. The zero-order chi connectivity index (χ0) is 20.6. The smallest absolute Gasteiger partial charge is 0.309 e. The van der Waals surface area contributed by atoms with Gasteiger partial charge >= 0.3 is 5.97 Å². The lowest BCUT2D eigenvalue weighted by molar-refractivity contribution is -0.151. The maximum absolute atomic E-state index is 12.5. The van der Waals surface area contributed by atoms with E-state index in [1.165, 1.54) is 13.7 Å². The highest BCUT2D eigenvalue weighted by atomic mass is 16.5. The van der Waals surface area contributed by atoms with E-state index in [4.69, 9.17) is 9.47 Å². The van der Waals surface area contributed by atoms with Gasteiger partial charge in [0.1, 0.15) is 11.4 Å². The molecule has 2 unspecified atom stereocenters. The summed E-state index contributed by atoms with van der Waals surface area (Å²) in [6.45, 7) is 7.45. The summed E-state index contributed by atoms with van der Waals surface area (Å²) < 4.78 is 10.2. The van der Waals surface area contributed by atoms with E-state index in [0.29, 0.717) is 24.2 Å². The first-order valence-corrected chi connectivity index (χ1v) is 9.86. The Bertz CT molecular complexity index is 641. The predicted molar refractivity (Wildman–Crippen MR) is 105 cm³/mol. The molecule has 0 aromatic heterocycles. The SMILES string of the molecule is CCN1CCOCC1.COc1ccc(C(=O)C2(O)CCCCC2C(=O)O)cc1. The van der Waals surface area contributed by atoms with Crippen LogP contribution >= 0.6 is 0 Å². The minimum atomic E-state index is -1.81. The molecule has 0 spiro atoms. The van der Waals surface area contributed by atoms with E-state index in [1.54, 1.807) is 24.3 Å². The zero-order valence-corrected chi connectivity index (χ0v) is 16.7. The molecule has 0 bridgehead atoms. The van der Waals surface area contributed by atoms with Crippen LogP contribution in [0.1, 0.15) is 43.0 Å². The Labute approximate surface area is 166 Å². The van der Waals surface area contributed by atoms with Crippen molar-refractivity contribution in [3.05, 3.63) is 29.8 Å². The lowest BCUT2D eigenvalue weighted by atomic mass is 9.71. The van der Waals surface area contributed by atoms with Crippen molar-refractivity contribution in [2.24, 2.45) is 5.92 Å². The molecule has 1 saturated heterocycles. The summed E-state index contributed by atoms with van der Waals surface area (Å²) in [4.78, 5) is 26.1. The van der Waals surface area contributed by atoms with Crippen molar-refractivity contribution in [3.63, 3.8) is 0 Å². The molecule has 7 heteroatoms. The summed E-state index contributed by atoms with van der Waals surface area (Å²) in [6.07, 6.45) is 1.89. The van der Waals surface area contributed by atoms with Crippen LogP contribution in [-0.4, -0.2) is 72.4 Å². The fraction of sp³-hybridized carbons (Fsp3) is 0.619. The summed E-state index contributed by atoms with van der Waals surface area (Å²) in [5.74, 6) is -2.07. The Morgan fingerprint density at radius 2 is 1.86 bits per heavy atom. The highest BCUT2D eigenvalue weighted by molar-refractivity contribution is 6.04. The van der Waals surface area contributed by atoms with Gasteiger partial charge in [0.05, 0.1) is 26.2 Å².